The Kier molecular flexibility index (Phi) is 6.92. The van der Waals surface area contributed by atoms with Crippen LogP contribution in [0.5, 0.6) is 0 Å². The van der Waals surface area contributed by atoms with Gasteiger partial charge in [-0.2, -0.15) is 0 Å². The van der Waals surface area contributed by atoms with Crippen LogP contribution in [-0.4, -0.2) is 4.98 Å². The van der Waals surface area contributed by atoms with E-state index in [1.807, 2.05) is 12.4 Å². The summed E-state index contributed by atoms with van der Waals surface area (Å²) < 4.78 is 0. The number of rotatable bonds is 6. The van der Waals surface area contributed by atoms with Crippen molar-refractivity contribution in [2.75, 3.05) is 0 Å². The van der Waals surface area contributed by atoms with E-state index in [0.29, 0.717) is 0 Å². The Labute approximate surface area is 247 Å². The van der Waals surface area contributed by atoms with Crippen molar-refractivity contribution in [3.63, 3.8) is 0 Å². The highest BCUT2D eigenvalue weighted by Gasteiger charge is 2.12. The summed E-state index contributed by atoms with van der Waals surface area (Å²) in [5.41, 5.74) is 13.8. The van der Waals surface area contributed by atoms with Gasteiger partial charge < -0.3 is 0 Å². The van der Waals surface area contributed by atoms with Crippen LogP contribution >= 0.6 is 0 Å². The van der Waals surface area contributed by atoms with Crippen molar-refractivity contribution in [2.45, 2.75) is 13.3 Å². The van der Waals surface area contributed by atoms with Gasteiger partial charge in [-0.05, 0) is 91.9 Å². The summed E-state index contributed by atoms with van der Waals surface area (Å²) in [5.74, 6) is 0. The minimum Gasteiger partial charge on any atom is -0.265 e. The van der Waals surface area contributed by atoms with Crippen LogP contribution in [0.2, 0.25) is 0 Å². The van der Waals surface area contributed by atoms with Crippen molar-refractivity contribution in [1.29, 1.82) is 0 Å². The maximum atomic E-state index is 4.25. The van der Waals surface area contributed by atoms with Crippen molar-refractivity contribution in [3.05, 3.63) is 175 Å². The zero-order valence-electron chi connectivity index (χ0n) is 23.7. The lowest BCUT2D eigenvalue weighted by molar-refractivity contribution is 1.19. The third-order valence-electron chi connectivity index (χ3n) is 8.12. The molecule has 0 saturated heterocycles. The summed E-state index contributed by atoms with van der Waals surface area (Å²) in [7, 11) is 0. The van der Waals surface area contributed by atoms with Crippen LogP contribution in [0, 0.1) is 6.92 Å². The van der Waals surface area contributed by atoms with E-state index in [1.165, 1.54) is 72.0 Å². The second-order valence-electron chi connectivity index (χ2n) is 10.9. The Morgan fingerprint density at radius 2 is 1.00 bits per heavy atom. The number of nitrogens with zero attached hydrogens (tertiary/aromatic N) is 1. The fourth-order valence-corrected chi connectivity index (χ4v) is 5.92. The Hall–Kier alpha value is -5.27. The summed E-state index contributed by atoms with van der Waals surface area (Å²) in [6.07, 6.45) is 4.61. The van der Waals surface area contributed by atoms with E-state index in [0.717, 1.165) is 6.42 Å². The third-order valence-corrected chi connectivity index (χ3v) is 8.12. The zero-order valence-corrected chi connectivity index (χ0v) is 23.7. The molecule has 200 valence electrons. The molecule has 0 fully saturated rings. The molecule has 42 heavy (non-hydrogen) atoms. The minimum absolute atomic E-state index is 0.873. The number of aryl methyl sites for hydroxylation is 1. The van der Waals surface area contributed by atoms with Crippen LogP contribution in [0.15, 0.2) is 158 Å². The van der Waals surface area contributed by atoms with Crippen molar-refractivity contribution >= 4 is 10.8 Å². The molecular weight excluding hydrogens is 506 g/mol. The molecule has 0 saturated carbocycles. The van der Waals surface area contributed by atoms with Crippen molar-refractivity contribution in [2.24, 2.45) is 0 Å². The van der Waals surface area contributed by atoms with Gasteiger partial charge in [0.15, 0.2) is 0 Å². The molecule has 7 rings (SSSR count). The maximum Gasteiger partial charge on any atom is 0.0273 e. The monoisotopic (exact) mass is 537 g/mol. The van der Waals surface area contributed by atoms with Gasteiger partial charge in [-0.3, -0.25) is 4.98 Å². The van der Waals surface area contributed by atoms with Gasteiger partial charge >= 0.3 is 0 Å². The number of hydrogen-bond donors (Lipinski definition) is 0. The van der Waals surface area contributed by atoms with Gasteiger partial charge in [-0.1, -0.05) is 139 Å². The molecule has 0 N–H and O–H groups in total. The van der Waals surface area contributed by atoms with E-state index in [9.17, 15) is 0 Å². The second-order valence-corrected chi connectivity index (χ2v) is 10.9. The number of hydrogen-bond acceptors (Lipinski definition) is 1. The molecule has 0 aliphatic rings. The molecular formula is C41H31N. The molecule has 0 spiro atoms. The first-order chi connectivity index (χ1) is 20.7. The number of fused-ring (bicyclic) bond motifs is 1. The molecule has 0 aliphatic carbocycles. The molecule has 1 heterocycles. The molecule has 1 aromatic heterocycles. The van der Waals surface area contributed by atoms with Crippen LogP contribution in [-0.2, 0) is 6.42 Å². The Morgan fingerprint density at radius 1 is 0.429 bits per heavy atom. The van der Waals surface area contributed by atoms with E-state index < -0.39 is 0 Å². The lowest BCUT2D eigenvalue weighted by Crippen LogP contribution is -1.93. The summed E-state index contributed by atoms with van der Waals surface area (Å²) in [6.45, 7) is 2.13. The first-order valence-electron chi connectivity index (χ1n) is 14.5. The highest BCUT2D eigenvalue weighted by atomic mass is 14.6. The fraction of sp³-hybridized carbons (Fsp3) is 0.0488. The highest BCUT2D eigenvalue weighted by molar-refractivity contribution is 6.00. The van der Waals surface area contributed by atoms with Crippen molar-refractivity contribution in [1.82, 2.24) is 4.98 Å². The van der Waals surface area contributed by atoms with Crippen molar-refractivity contribution in [3.8, 4) is 44.5 Å². The Balaban J connectivity index is 1.21. The van der Waals surface area contributed by atoms with Crippen LogP contribution < -0.4 is 0 Å². The lowest BCUT2D eigenvalue weighted by Gasteiger charge is -2.14. The van der Waals surface area contributed by atoms with E-state index >= 15 is 0 Å². The largest absolute Gasteiger partial charge is 0.265 e. The predicted molar refractivity (Wildman–Crippen MR) is 177 cm³/mol. The maximum absolute atomic E-state index is 4.25. The van der Waals surface area contributed by atoms with Gasteiger partial charge in [0.05, 0.1) is 0 Å². The highest BCUT2D eigenvalue weighted by Crippen LogP contribution is 2.37. The van der Waals surface area contributed by atoms with Gasteiger partial charge in [0.25, 0.3) is 0 Å². The van der Waals surface area contributed by atoms with Crippen LogP contribution in [0.4, 0.5) is 0 Å². The number of aromatic nitrogens is 1. The molecule has 0 aliphatic heterocycles. The van der Waals surface area contributed by atoms with E-state index in [4.69, 9.17) is 0 Å². The molecule has 0 bridgehead atoms. The van der Waals surface area contributed by atoms with Crippen molar-refractivity contribution < 1.29 is 0 Å². The molecule has 0 unspecified atom stereocenters. The molecule has 7 aromatic rings. The summed E-state index contributed by atoms with van der Waals surface area (Å²) in [4.78, 5) is 4.25. The minimum atomic E-state index is 0.873. The lowest BCUT2D eigenvalue weighted by atomic mass is 9.90. The molecule has 6 aromatic carbocycles. The number of pyridine rings is 1. The van der Waals surface area contributed by atoms with Gasteiger partial charge in [0.2, 0.25) is 0 Å². The molecule has 1 nitrogen and oxygen atoms in total. The van der Waals surface area contributed by atoms with Crippen LogP contribution in [0.1, 0.15) is 16.7 Å². The smallest absolute Gasteiger partial charge is 0.0273 e. The fourth-order valence-electron chi connectivity index (χ4n) is 5.92. The SMILES string of the molecule is Cc1ccc(-c2ccc(Cc3ccc(-c4ccccc4-c4cccc5ccccc45)cc3)cc2-c2ccncc2)cc1. The third kappa shape index (κ3) is 5.13. The summed E-state index contributed by atoms with van der Waals surface area (Å²) >= 11 is 0. The van der Waals surface area contributed by atoms with E-state index in [-0.39, 0.29) is 0 Å². The average Bonchev–Trinajstić information content (AvgIpc) is 3.06. The quantitative estimate of drug-likeness (QED) is 0.206. The second kappa shape index (κ2) is 11.3. The van der Waals surface area contributed by atoms with Crippen LogP contribution in [0.25, 0.3) is 55.3 Å². The molecule has 0 radical (unpaired) electrons. The molecule has 0 atom stereocenters. The topological polar surface area (TPSA) is 12.9 Å². The predicted octanol–water partition coefficient (Wildman–Crippen LogP) is 10.8. The first kappa shape index (κ1) is 25.7. The van der Waals surface area contributed by atoms with Gasteiger partial charge in [0.1, 0.15) is 0 Å². The Bertz CT molecular complexity index is 1980. The standard InChI is InChI=1S/C41H31N/c1-29-13-18-33(19-14-29)38-22-17-31(28-41(38)35-23-25-42-26-24-35)27-30-15-20-34(21-16-30)37-10-4-5-11-39(37)40-12-6-8-32-7-2-3-9-36(32)40/h2-26,28H,27H2,1H3. The molecule has 0 amide bonds. The van der Waals surface area contributed by atoms with E-state index in [2.05, 4.69) is 158 Å². The molecule has 1 heteroatoms. The van der Waals surface area contributed by atoms with Gasteiger partial charge in [0, 0.05) is 12.4 Å². The Morgan fingerprint density at radius 3 is 1.79 bits per heavy atom. The first-order valence-corrected chi connectivity index (χ1v) is 14.5. The number of benzene rings is 6. The zero-order chi connectivity index (χ0) is 28.3. The van der Waals surface area contributed by atoms with Gasteiger partial charge in [-0.25, -0.2) is 0 Å². The van der Waals surface area contributed by atoms with Crippen LogP contribution in [0.3, 0.4) is 0 Å². The summed E-state index contributed by atoms with van der Waals surface area (Å²) in [5, 5.41) is 2.54. The average molecular weight is 538 g/mol. The normalized spacial score (nSPS) is 11.1. The van der Waals surface area contributed by atoms with E-state index in [1.54, 1.807) is 0 Å². The van der Waals surface area contributed by atoms with Gasteiger partial charge in [-0.15, -0.1) is 0 Å². The summed E-state index contributed by atoms with van der Waals surface area (Å²) in [6, 6.07) is 52.9.